The average Bonchev–Trinajstić information content (AvgIpc) is 2.94. The maximum absolute atomic E-state index is 12.2. The Labute approximate surface area is 121 Å². The molecule has 0 aromatic carbocycles. The lowest BCUT2D eigenvalue weighted by Gasteiger charge is -2.15. The number of rotatable bonds is 3. The van der Waals surface area contributed by atoms with Crippen LogP contribution in [0, 0.1) is 11.8 Å². The molecule has 5 heteroatoms. The van der Waals surface area contributed by atoms with E-state index in [0.717, 1.165) is 10.6 Å². The van der Waals surface area contributed by atoms with Gasteiger partial charge in [-0.05, 0) is 18.2 Å². The van der Waals surface area contributed by atoms with Gasteiger partial charge in [0.2, 0.25) is 0 Å². The van der Waals surface area contributed by atoms with Gasteiger partial charge in [-0.25, -0.2) is 0 Å². The summed E-state index contributed by atoms with van der Waals surface area (Å²) < 4.78 is 0. The first-order chi connectivity index (χ1) is 9.70. The average molecular weight is 286 g/mol. The maximum Gasteiger partial charge on any atom is 0.254 e. The highest BCUT2D eigenvalue weighted by Gasteiger charge is 2.14. The second-order valence-corrected chi connectivity index (χ2v) is 5.05. The maximum atomic E-state index is 12.2. The summed E-state index contributed by atoms with van der Waals surface area (Å²) in [6.07, 6.45) is 1.71. The lowest BCUT2D eigenvalue weighted by molar-refractivity contribution is 0.0784. The summed E-state index contributed by atoms with van der Waals surface area (Å²) in [5, 5.41) is 10.4. The molecule has 102 valence electrons. The van der Waals surface area contributed by atoms with Gasteiger partial charge in [-0.1, -0.05) is 17.9 Å². The first kappa shape index (κ1) is 14.3. The summed E-state index contributed by atoms with van der Waals surface area (Å²) in [5.41, 5.74) is 1.45. The number of carbonyl (C=O) groups is 1. The van der Waals surface area contributed by atoms with Gasteiger partial charge in [0.25, 0.3) is 5.91 Å². The molecule has 4 nitrogen and oxygen atoms in total. The zero-order chi connectivity index (χ0) is 14.4. The van der Waals surface area contributed by atoms with Crippen molar-refractivity contribution in [2.24, 2.45) is 0 Å². The molecular weight excluding hydrogens is 272 g/mol. The van der Waals surface area contributed by atoms with Crippen LogP contribution in [-0.2, 0) is 6.54 Å². The first-order valence-corrected chi connectivity index (χ1v) is 6.92. The summed E-state index contributed by atoms with van der Waals surface area (Å²) in [7, 11) is 1.74. The van der Waals surface area contributed by atoms with E-state index >= 15 is 0 Å². The fourth-order valence-electron chi connectivity index (χ4n) is 1.67. The van der Waals surface area contributed by atoms with E-state index in [9.17, 15) is 4.79 Å². The van der Waals surface area contributed by atoms with Gasteiger partial charge in [-0.15, -0.1) is 11.3 Å². The molecule has 1 N–H and O–H groups in total. The van der Waals surface area contributed by atoms with Crippen molar-refractivity contribution < 1.29 is 9.90 Å². The molecule has 0 saturated carbocycles. The van der Waals surface area contributed by atoms with Crippen molar-refractivity contribution in [3.63, 3.8) is 0 Å². The van der Waals surface area contributed by atoms with Crippen LogP contribution in [0.15, 0.2) is 35.8 Å². The molecule has 0 bridgehead atoms. The van der Waals surface area contributed by atoms with Gasteiger partial charge in [-0.3, -0.25) is 9.78 Å². The summed E-state index contributed by atoms with van der Waals surface area (Å²) in [4.78, 5) is 18.8. The Morgan fingerprint density at radius 1 is 1.50 bits per heavy atom. The number of nitrogens with zero attached hydrogens (tertiary/aromatic N) is 2. The van der Waals surface area contributed by atoms with E-state index in [1.54, 1.807) is 29.6 Å². The van der Waals surface area contributed by atoms with Crippen molar-refractivity contribution in [1.82, 2.24) is 9.88 Å². The van der Waals surface area contributed by atoms with Gasteiger partial charge < -0.3 is 10.0 Å². The molecule has 0 aliphatic heterocycles. The summed E-state index contributed by atoms with van der Waals surface area (Å²) in [6, 6.07) is 7.37. The minimum atomic E-state index is -0.180. The smallest absolute Gasteiger partial charge is 0.254 e. The number of aliphatic hydroxyl groups excluding tert-OH is 1. The summed E-state index contributed by atoms with van der Waals surface area (Å²) >= 11 is 1.39. The Hall–Kier alpha value is -2.16. The molecule has 0 aliphatic carbocycles. The molecule has 2 aromatic heterocycles. The van der Waals surface area contributed by atoms with Crippen LogP contribution in [0.25, 0.3) is 0 Å². The van der Waals surface area contributed by atoms with E-state index in [1.165, 1.54) is 11.3 Å². The molecule has 0 unspecified atom stereocenters. The SMILES string of the molecule is CN(Cc1ccccn1)C(=O)c1csc(C#CCO)c1. The Bertz CT molecular complexity index is 641. The van der Waals surface area contributed by atoms with Crippen molar-refractivity contribution in [2.45, 2.75) is 6.54 Å². The Morgan fingerprint density at radius 2 is 2.35 bits per heavy atom. The second kappa shape index (κ2) is 6.85. The van der Waals surface area contributed by atoms with Gasteiger partial charge in [0, 0.05) is 18.6 Å². The summed E-state index contributed by atoms with van der Waals surface area (Å²) in [6.45, 7) is 0.286. The highest BCUT2D eigenvalue weighted by molar-refractivity contribution is 7.10. The van der Waals surface area contributed by atoms with E-state index in [1.807, 2.05) is 18.2 Å². The molecule has 0 radical (unpaired) electrons. The molecule has 1 amide bonds. The second-order valence-electron chi connectivity index (χ2n) is 4.14. The monoisotopic (exact) mass is 286 g/mol. The largest absolute Gasteiger partial charge is 0.384 e. The predicted molar refractivity (Wildman–Crippen MR) is 78.3 cm³/mol. The standard InChI is InChI=1S/C15H14N2O2S/c1-17(10-13-5-2-3-7-16-13)15(19)12-9-14(20-11-12)6-4-8-18/h2-3,5,7,9,11,18H,8,10H2,1H3. The van der Waals surface area contributed by atoms with Crippen LogP contribution in [0.1, 0.15) is 20.9 Å². The fourth-order valence-corrected chi connectivity index (χ4v) is 2.42. The van der Waals surface area contributed by atoms with Crippen molar-refractivity contribution in [1.29, 1.82) is 0 Å². The van der Waals surface area contributed by atoms with Crippen molar-refractivity contribution in [3.8, 4) is 11.8 Å². The number of hydrogen-bond donors (Lipinski definition) is 1. The minimum absolute atomic E-state index is 0.0658. The zero-order valence-electron chi connectivity index (χ0n) is 11.0. The van der Waals surface area contributed by atoms with Gasteiger partial charge >= 0.3 is 0 Å². The van der Waals surface area contributed by atoms with Crippen molar-refractivity contribution >= 4 is 17.2 Å². The third-order valence-electron chi connectivity index (χ3n) is 2.61. The van der Waals surface area contributed by atoms with Crippen LogP contribution in [-0.4, -0.2) is 34.6 Å². The van der Waals surface area contributed by atoms with Crippen molar-refractivity contribution in [3.05, 3.63) is 52.0 Å². The highest BCUT2D eigenvalue weighted by atomic mass is 32.1. The Kier molecular flexibility index (Phi) is 4.88. The number of pyridine rings is 1. The van der Waals surface area contributed by atoms with E-state index in [4.69, 9.17) is 5.11 Å². The molecule has 0 saturated heterocycles. The molecule has 2 heterocycles. The number of carbonyl (C=O) groups excluding carboxylic acids is 1. The minimum Gasteiger partial charge on any atom is -0.384 e. The third-order valence-corrected chi connectivity index (χ3v) is 3.45. The molecule has 0 aliphatic rings. The molecular formula is C15H14N2O2S. The lowest BCUT2D eigenvalue weighted by Crippen LogP contribution is -2.26. The van der Waals surface area contributed by atoms with Crippen LogP contribution < -0.4 is 0 Å². The van der Waals surface area contributed by atoms with Gasteiger partial charge in [-0.2, -0.15) is 0 Å². The molecule has 0 spiro atoms. The molecule has 2 aromatic rings. The van der Waals surface area contributed by atoms with Gasteiger partial charge in [0.05, 0.1) is 22.7 Å². The molecule has 2 rings (SSSR count). The molecule has 0 fully saturated rings. The first-order valence-electron chi connectivity index (χ1n) is 6.04. The molecule has 0 atom stereocenters. The Balaban J connectivity index is 2.05. The van der Waals surface area contributed by atoms with E-state index in [-0.39, 0.29) is 12.5 Å². The predicted octanol–water partition coefficient (Wildman–Crippen LogP) is 1.76. The zero-order valence-corrected chi connectivity index (χ0v) is 11.9. The normalized spacial score (nSPS) is 9.70. The van der Waals surface area contributed by atoms with Crippen LogP contribution in [0.5, 0.6) is 0 Å². The number of amides is 1. The van der Waals surface area contributed by atoms with E-state index in [2.05, 4.69) is 16.8 Å². The highest BCUT2D eigenvalue weighted by Crippen LogP contribution is 2.15. The number of aliphatic hydroxyl groups is 1. The van der Waals surface area contributed by atoms with E-state index in [0.29, 0.717) is 12.1 Å². The molecule has 20 heavy (non-hydrogen) atoms. The Morgan fingerprint density at radius 3 is 3.05 bits per heavy atom. The fraction of sp³-hybridized carbons (Fsp3) is 0.200. The lowest BCUT2D eigenvalue weighted by atomic mass is 10.2. The number of aromatic nitrogens is 1. The third kappa shape index (κ3) is 3.67. The van der Waals surface area contributed by atoms with Crippen molar-refractivity contribution in [2.75, 3.05) is 13.7 Å². The van der Waals surface area contributed by atoms with Crippen LogP contribution in [0.4, 0.5) is 0 Å². The quantitative estimate of drug-likeness (QED) is 0.875. The van der Waals surface area contributed by atoms with Crippen LogP contribution in [0.2, 0.25) is 0 Å². The number of thiophene rings is 1. The number of hydrogen-bond acceptors (Lipinski definition) is 4. The van der Waals surface area contributed by atoms with Crippen LogP contribution >= 0.6 is 11.3 Å². The van der Waals surface area contributed by atoms with Gasteiger partial charge in [0.1, 0.15) is 6.61 Å². The van der Waals surface area contributed by atoms with Crippen LogP contribution in [0.3, 0.4) is 0 Å². The summed E-state index contributed by atoms with van der Waals surface area (Å²) in [5.74, 6) is 5.29. The topological polar surface area (TPSA) is 53.4 Å². The van der Waals surface area contributed by atoms with E-state index < -0.39 is 0 Å². The van der Waals surface area contributed by atoms with Gasteiger partial charge in [0.15, 0.2) is 0 Å².